The predicted octanol–water partition coefficient (Wildman–Crippen LogP) is 2.21. The van der Waals surface area contributed by atoms with Crippen LogP contribution < -0.4 is 20.5 Å². The Kier molecular flexibility index (Phi) is 6.81. The molecule has 0 aliphatic heterocycles. The van der Waals surface area contributed by atoms with Crippen LogP contribution in [-0.2, 0) is 11.3 Å². The van der Waals surface area contributed by atoms with Gasteiger partial charge in [-0.1, -0.05) is 13.8 Å². The summed E-state index contributed by atoms with van der Waals surface area (Å²) in [5, 5.41) is 3.24. The predicted molar refractivity (Wildman–Crippen MR) is 82.0 cm³/mol. The number of halogens is 1. The number of amides is 1. The summed E-state index contributed by atoms with van der Waals surface area (Å²) in [5.41, 5.74) is 6.37. The largest absolute Gasteiger partial charge is 0.493 e. The maximum Gasteiger partial charge on any atom is 0.258 e. The molecule has 0 aliphatic rings. The van der Waals surface area contributed by atoms with Crippen LogP contribution in [0, 0.1) is 0 Å². The van der Waals surface area contributed by atoms with E-state index in [2.05, 4.69) is 21.2 Å². The van der Waals surface area contributed by atoms with Crippen molar-refractivity contribution in [1.29, 1.82) is 0 Å². The van der Waals surface area contributed by atoms with E-state index >= 15 is 0 Å². The molecule has 1 rings (SSSR count). The van der Waals surface area contributed by atoms with E-state index in [1.165, 1.54) is 0 Å². The number of rotatable bonds is 8. The zero-order valence-electron chi connectivity index (χ0n) is 12.0. The van der Waals surface area contributed by atoms with Crippen LogP contribution >= 0.6 is 15.9 Å². The number of benzene rings is 1. The van der Waals surface area contributed by atoms with Crippen LogP contribution in [0.25, 0.3) is 0 Å². The summed E-state index contributed by atoms with van der Waals surface area (Å²) in [5.74, 6) is 0.587. The first-order chi connectivity index (χ1) is 9.53. The number of methoxy groups -OCH3 is 1. The maximum absolute atomic E-state index is 11.3. The third kappa shape index (κ3) is 4.38. The molecule has 0 bridgehead atoms. The Hall–Kier alpha value is -1.27. The molecule has 5 nitrogen and oxygen atoms in total. The number of hydrogen-bond donors (Lipinski definition) is 2. The quantitative estimate of drug-likeness (QED) is 0.758. The Morgan fingerprint density at radius 3 is 2.65 bits per heavy atom. The van der Waals surface area contributed by atoms with Crippen molar-refractivity contribution in [2.24, 2.45) is 5.73 Å². The van der Waals surface area contributed by atoms with Gasteiger partial charge < -0.3 is 20.5 Å². The van der Waals surface area contributed by atoms with Crippen LogP contribution in [0.15, 0.2) is 16.6 Å². The molecule has 1 aromatic carbocycles. The average molecular weight is 345 g/mol. The zero-order valence-corrected chi connectivity index (χ0v) is 13.6. The molecule has 0 radical (unpaired) electrons. The molecule has 0 spiro atoms. The first-order valence-electron chi connectivity index (χ1n) is 6.56. The molecular formula is C14H21BrN2O3. The van der Waals surface area contributed by atoms with E-state index in [1.807, 2.05) is 26.0 Å². The molecular weight excluding hydrogens is 324 g/mol. The molecule has 3 N–H and O–H groups in total. The number of primary amides is 1. The highest BCUT2D eigenvalue weighted by molar-refractivity contribution is 9.10. The summed E-state index contributed by atoms with van der Waals surface area (Å²) in [6, 6.07) is 3.82. The van der Waals surface area contributed by atoms with Crippen molar-refractivity contribution >= 4 is 21.8 Å². The van der Waals surface area contributed by atoms with Crippen molar-refractivity contribution in [3.63, 3.8) is 0 Å². The van der Waals surface area contributed by atoms with Gasteiger partial charge in [-0.05, 0) is 46.6 Å². The molecule has 1 atom stereocenters. The molecule has 1 aromatic rings. The number of nitrogens with one attached hydrogen (secondary N) is 1. The van der Waals surface area contributed by atoms with Gasteiger partial charge in [0.05, 0.1) is 11.6 Å². The molecule has 112 valence electrons. The van der Waals surface area contributed by atoms with E-state index in [-0.39, 0.29) is 0 Å². The van der Waals surface area contributed by atoms with Crippen LogP contribution in [0.4, 0.5) is 0 Å². The second-order valence-corrected chi connectivity index (χ2v) is 5.16. The highest BCUT2D eigenvalue weighted by Gasteiger charge is 2.20. The second kappa shape index (κ2) is 8.11. The lowest BCUT2D eigenvalue weighted by molar-refractivity contribution is -0.124. The van der Waals surface area contributed by atoms with Crippen molar-refractivity contribution in [3.05, 3.63) is 22.2 Å². The third-order valence-corrected chi connectivity index (χ3v) is 3.41. The maximum atomic E-state index is 11.3. The SMILES string of the molecule is CCNCc1cc(Br)c(OC(CC)C(N)=O)c(OC)c1. The number of carbonyl (C=O) groups is 1. The van der Waals surface area contributed by atoms with E-state index in [9.17, 15) is 4.79 Å². The Morgan fingerprint density at radius 2 is 2.15 bits per heavy atom. The lowest BCUT2D eigenvalue weighted by Crippen LogP contribution is -2.33. The van der Waals surface area contributed by atoms with E-state index in [0.717, 1.165) is 23.1 Å². The summed E-state index contributed by atoms with van der Waals surface area (Å²) in [4.78, 5) is 11.3. The fraction of sp³-hybridized carbons (Fsp3) is 0.500. The highest BCUT2D eigenvalue weighted by atomic mass is 79.9. The van der Waals surface area contributed by atoms with Crippen LogP contribution in [-0.4, -0.2) is 25.7 Å². The number of carbonyl (C=O) groups excluding carboxylic acids is 1. The van der Waals surface area contributed by atoms with Gasteiger partial charge >= 0.3 is 0 Å². The molecule has 0 saturated heterocycles. The van der Waals surface area contributed by atoms with Gasteiger partial charge in [0.15, 0.2) is 17.6 Å². The van der Waals surface area contributed by atoms with Crippen LogP contribution in [0.5, 0.6) is 11.5 Å². The van der Waals surface area contributed by atoms with Gasteiger partial charge in [0.1, 0.15) is 0 Å². The Balaban J connectivity index is 3.03. The molecule has 1 unspecified atom stereocenters. The molecule has 0 aromatic heterocycles. The standard InChI is InChI=1S/C14H21BrN2O3/c1-4-11(14(16)18)20-13-10(15)6-9(8-17-5-2)7-12(13)19-3/h6-7,11,17H,4-5,8H2,1-3H3,(H2,16,18). The van der Waals surface area contributed by atoms with Gasteiger partial charge in [0.25, 0.3) is 5.91 Å². The Morgan fingerprint density at radius 1 is 1.45 bits per heavy atom. The first-order valence-corrected chi connectivity index (χ1v) is 7.35. The van der Waals surface area contributed by atoms with Crippen molar-refractivity contribution in [2.75, 3.05) is 13.7 Å². The number of hydrogen-bond acceptors (Lipinski definition) is 4. The smallest absolute Gasteiger partial charge is 0.258 e. The van der Waals surface area contributed by atoms with E-state index < -0.39 is 12.0 Å². The lowest BCUT2D eigenvalue weighted by Gasteiger charge is -2.19. The summed E-state index contributed by atoms with van der Waals surface area (Å²) in [6.45, 7) is 5.51. The minimum absolute atomic E-state index is 0.488. The highest BCUT2D eigenvalue weighted by Crippen LogP contribution is 2.37. The number of ether oxygens (including phenoxy) is 2. The Labute approximate surface area is 127 Å². The molecule has 0 fully saturated rings. The minimum atomic E-state index is -0.667. The van der Waals surface area contributed by atoms with Crippen molar-refractivity contribution in [2.45, 2.75) is 32.9 Å². The fourth-order valence-electron chi connectivity index (χ4n) is 1.74. The van der Waals surface area contributed by atoms with E-state index in [0.29, 0.717) is 17.9 Å². The third-order valence-electron chi connectivity index (χ3n) is 2.82. The topological polar surface area (TPSA) is 73.6 Å². The summed E-state index contributed by atoms with van der Waals surface area (Å²) >= 11 is 3.45. The lowest BCUT2D eigenvalue weighted by atomic mass is 10.2. The van der Waals surface area contributed by atoms with Gasteiger partial charge in [-0.2, -0.15) is 0 Å². The van der Waals surface area contributed by atoms with Gasteiger partial charge in [-0.25, -0.2) is 0 Å². The van der Waals surface area contributed by atoms with Gasteiger partial charge in [-0.15, -0.1) is 0 Å². The normalized spacial score (nSPS) is 12.0. The van der Waals surface area contributed by atoms with Crippen molar-refractivity contribution in [3.8, 4) is 11.5 Å². The number of nitrogens with two attached hydrogens (primary N) is 1. The molecule has 20 heavy (non-hydrogen) atoms. The molecule has 6 heteroatoms. The van der Waals surface area contributed by atoms with Crippen molar-refractivity contribution < 1.29 is 14.3 Å². The Bertz CT molecular complexity index is 466. The summed E-state index contributed by atoms with van der Waals surface area (Å²) in [6.07, 6.45) is -0.163. The first kappa shape index (κ1) is 16.8. The van der Waals surface area contributed by atoms with Crippen LogP contribution in [0.2, 0.25) is 0 Å². The molecule has 1 amide bonds. The van der Waals surface area contributed by atoms with Gasteiger partial charge in [0.2, 0.25) is 0 Å². The van der Waals surface area contributed by atoms with Crippen molar-refractivity contribution in [1.82, 2.24) is 5.32 Å². The second-order valence-electron chi connectivity index (χ2n) is 4.31. The van der Waals surface area contributed by atoms with Crippen LogP contribution in [0.3, 0.4) is 0 Å². The molecule has 0 heterocycles. The summed E-state index contributed by atoms with van der Waals surface area (Å²) in [7, 11) is 1.57. The summed E-state index contributed by atoms with van der Waals surface area (Å²) < 4.78 is 11.7. The average Bonchev–Trinajstić information content (AvgIpc) is 2.42. The van der Waals surface area contributed by atoms with E-state index in [4.69, 9.17) is 15.2 Å². The molecule has 0 saturated carbocycles. The minimum Gasteiger partial charge on any atom is -0.493 e. The fourth-order valence-corrected chi connectivity index (χ4v) is 2.33. The van der Waals surface area contributed by atoms with E-state index in [1.54, 1.807) is 7.11 Å². The van der Waals surface area contributed by atoms with Crippen LogP contribution in [0.1, 0.15) is 25.8 Å². The monoisotopic (exact) mass is 344 g/mol. The van der Waals surface area contributed by atoms with Gasteiger partial charge in [-0.3, -0.25) is 4.79 Å². The zero-order chi connectivity index (χ0) is 15.1. The molecule has 0 aliphatic carbocycles. The van der Waals surface area contributed by atoms with Gasteiger partial charge in [0, 0.05) is 6.54 Å².